The van der Waals surface area contributed by atoms with E-state index in [9.17, 15) is 0 Å². The summed E-state index contributed by atoms with van der Waals surface area (Å²) in [5.74, 6) is 1.61. The van der Waals surface area contributed by atoms with Crippen LogP contribution in [0.5, 0.6) is 0 Å². The minimum absolute atomic E-state index is 0.311. The molecule has 2 aromatic heterocycles. The summed E-state index contributed by atoms with van der Waals surface area (Å²) in [7, 11) is 0. The number of nitrogens with one attached hydrogen (secondary N) is 1. The number of nitrogens with zero attached hydrogens (tertiary/aromatic N) is 4. The van der Waals surface area contributed by atoms with Crippen molar-refractivity contribution in [3.05, 3.63) is 24.4 Å². The highest BCUT2D eigenvalue weighted by molar-refractivity contribution is 5.34. The maximum atomic E-state index is 4.28. The molecule has 0 spiro atoms. The Labute approximate surface area is 93.9 Å². The zero-order valence-corrected chi connectivity index (χ0v) is 9.30. The third-order valence-corrected chi connectivity index (χ3v) is 3.29. The predicted octanol–water partition coefficient (Wildman–Crippen LogP) is 1.18. The molecule has 0 amide bonds. The van der Waals surface area contributed by atoms with Crippen molar-refractivity contribution in [1.29, 1.82) is 0 Å². The fraction of sp³-hybridized carbons (Fsp3) is 0.545. The van der Waals surface area contributed by atoms with Gasteiger partial charge in [0.15, 0.2) is 11.5 Å². The van der Waals surface area contributed by atoms with Gasteiger partial charge in [0.2, 0.25) is 0 Å². The topological polar surface area (TPSA) is 55.1 Å². The van der Waals surface area contributed by atoms with Crippen LogP contribution >= 0.6 is 0 Å². The third-order valence-electron chi connectivity index (χ3n) is 3.29. The maximum absolute atomic E-state index is 4.28. The fourth-order valence-corrected chi connectivity index (χ4v) is 2.38. The average Bonchev–Trinajstić information content (AvgIpc) is 2.74. The molecule has 2 unspecified atom stereocenters. The van der Waals surface area contributed by atoms with Gasteiger partial charge in [0, 0.05) is 12.4 Å². The summed E-state index contributed by atoms with van der Waals surface area (Å²) in [6.45, 7) is 3.33. The van der Waals surface area contributed by atoms with Crippen molar-refractivity contribution in [1.82, 2.24) is 24.9 Å². The van der Waals surface area contributed by atoms with Gasteiger partial charge in [-0.15, -0.1) is 10.2 Å². The quantitative estimate of drug-likeness (QED) is 0.779. The summed E-state index contributed by atoms with van der Waals surface area (Å²) in [6, 6.07) is 0.311. The molecule has 0 radical (unpaired) electrons. The van der Waals surface area contributed by atoms with Crippen LogP contribution in [0.3, 0.4) is 0 Å². The maximum Gasteiger partial charge on any atom is 0.179 e. The lowest BCUT2D eigenvalue weighted by molar-refractivity contribution is 0.293. The van der Waals surface area contributed by atoms with E-state index < -0.39 is 0 Å². The van der Waals surface area contributed by atoms with Crippen LogP contribution in [-0.4, -0.2) is 26.1 Å². The average molecular weight is 217 g/mol. The summed E-state index contributed by atoms with van der Waals surface area (Å²) in [4.78, 5) is 4.05. The molecule has 2 atom stereocenters. The number of hydrogen-bond acceptors (Lipinski definition) is 4. The lowest BCUT2D eigenvalue weighted by Crippen LogP contribution is -2.34. The SMILES string of the molecule is CC1CCCNC1c1nnc2cnccn12. The Balaban J connectivity index is 2.04. The van der Waals surface area contributed by atoms with Gasteiger partial charge >= 0.3 is 0 Å². The smallest absolute Gasteiger partial charge is 0.179 e. The minimum Gasteiger partial charge on any atom is -0.307 e. The highest BCUT2D eigenvalue weighted by atomic mass is 15.3. The number of piperidine rings is 1. The van der Waals surface area contributed by atoms with Crippen molar-refractivity contribution in [3.8, 4) is 0 Å². The van der Waals surface area contributed by atoms with E-state index in [0.717, 1.165) is 18.0 Å². The van der Waals surface area contributed by atoms with Crippen molar-refractivity contribution in [2.24, 2.45) is 5.92 Å². The van der Waals surface area contributed by atoms with E-state index in [0.29, 0.717) is 12.0 Å². The largest absolute Gasteiger partial charge is 0.307 e. The van der Waals surface area contributed by atoms with Gasteiger partial charge in [-0.1, -0.05) is 6.92 Å². The van der Waals surface area contributed by atoms with Gasteiger partial charge in [-0.2, -0.15) is 0 Å². The molecule has 0 saturated carbocycles. The standard InChI is InChI=1S/C11H15N5/c1-8-3-2-4-13-10(8)11-15-14-9-7-12-5-6-16(9)11/h5-8,10,13H,2-4H2,1H3. The lowest BCUT2D eigenvalue weighted by atomic mass is 9.92. The molecule has 1 saturated heterocycles. The van der Waals surface area contributed by atoms with Gasteiger partial charge in [0.25, 0.3) is 0 Å². The van der Waals surface area contributed by atoms with E-state index >= 15 is 0 Å². The van der Waals surface area contributed by atoms with Crippen molar-refractivity contribution < 1.29 is 0 Å². The van der Waals surface area contributed by atoms with E-state index in [1.165, 1.54) is 12.8 Å². The summed E-state index contributed by atoms with van der Waals surface area (Å²) >= 11 is 0. The molecule has 1 aliphatic rings. The van der Waals surface area contributed by atoms with Crippen LogP contribution in [0.15, 0.2) is 18.6 Å². The first-order chi connectivity index (χ1) is 7.86. The zero-order valence-electron chi connectivity index (χ0n) is 9.30. The molecule has 1 aliphatic heterocycles. The molecule has 16 heavy (non-hydrogen) atoms. The van der Waals surface area contributed by atoms with Gasteiger partial charge < -0.3 is 5.32 Å². The predicted molar refractivity (Wildman–Crippen MR) is 59.9 cm³/mol. The Morgan fingerprint density at radius 3 is 3.25 bits per heavy atom. The van der Waals surface area contributed by atoms with Crippen LogP contribution in [0, 0.1) is 5.92 Å². The molecule has 5 heteroatoms. The van der Waals surface area contributed by atoms with Crippen LogP contribution in [0.4, 0.5) is 0 Å². The summed E-state index contributed by atoms with van der Waals surface area (Å²) in [6.07, 6.45) is 7.93. The van der Waals surface area contributed by atoms with Crippen molar-refractivity contribution >= 4 is 5.65 Å². The number of rotatable bonds is 1. The highest BCUT2D eigenvalue weighted by Crippen LogP contribution is 2.27. The molecular formula is C11H15N5. The Bertz CT molecular complexity index is 492. The second kappa shape index (κ2) is 3.83. The first-order valence-corrected chi connectivity index (χ1v) is 5.74. The van der Waals surface area contributed by atoms with Crippen LogP contribution < -0.4 is 5.32 Å². The zero-order chi connectivity index (χ0) is 11.0. The Morgan fingerprint density at radius 1 is 1.44 bits per heavy atom. The molecule has 0 aromatic carbocycles. The highest BCUT2D eigenvalue weighted by Gasteiger charge is 2.26. The first-order valence-electron chi connectivity index (χ1n) is 5.74. The van der Waals surface area contributed by atoms with E-state index in [-0.39, 0.29) is 0 Å². The normalized spacial score (nSPS) is 26.1. The van der Waals surface area contributed by atoms with Gasteiger partial charge in [-0.25, -0.2) is 0 Å². The molecule has 1 fully saturated rings. The van der Waals surface area contributed by atoms with Crippen LogP contribution in [0.2, 0.25) is 0 Å². The van der Waals surface area contributed by atoms with Crippen LogP contribution in [0.1, 0.15) is 31.6 Å². The molecule has 84 valence electrons. The molecule has 3 heterocycles. The molecule has 0 aliphatic carbocycles. The van der Waals surface area contributed by atoms with E-state index in [1.807, 2.05) is 10.6 Å². The lowest BCUT2D eigenvalue weighted by Gasteiger charge is -2.28. The van der Waals surface area contributed by atoms with Crippen molar-refractivity contribution in [3.63, 3.8) is 0 Å². The summed E-state index contributed by atoms with van der Waals surface area (Å²) in [5.41, 5.74) is 0.817. The first kappa shape index (κ1) is 9.72. The van der Waals surface area contributed by atoms with Crippen LogP contribution in [0.25, 0.3) is 5.65 Å². The Morgan fingerprint density at radius 2 is 2.38 bits per heavy atom. The molecule has 3 rings (SSSR count). The van der Waals surface area contributed by atoms with E-state index in [2.05, 4.69) is 27.4 Å². The summed E-state index contributed by atoms with van der Waals surface area (Å²) < 4.78 is 2.02. The molecule has 0 bridgehead atoms. The van der Waals surface area contributed by atoms with E-state index in [4.69, 9.17) is 0 Å². The number of aromatic nitrogens is 4. The van der Waals surface area contributed by atoms with Gasteiger partial charge in [-0.3, -0.25) is 9.38 Å². The van der Waals surface area contributed by atoms with Crippen LogP contribution in [-0.2, 0) is 0 Å². The Kier molecular flexibility index (Phi) is 2.32. The second-order valence-electron chi connectivity index (χ2n) is 4.41. The summed E-state index contributed by atoms with van der Waals surface area (Å²) in [5, 5.41) is 11.9. The Hall–Kier alpha value is -1.49. The van der Waals surface area contributed by atoms with Crippen molar-refractivity contribution in [2.45, 2.75) is 25.8 Å². The second-order valence-corrected chi connectivity index (χ2v) is 4.41. The van der Waals surface area contributed by atoms with Gasteiger partial charge in [0.05, 0.1) is 12.2 Å². The molecule has 1 N–H and O–H groups in total. The third kappa shape index (κ3) is 1.48. The molecule has 5 nitrogen and oxygen atoms in total. The number of fused-ring (bicyclic) bond motifs is 1. The monoisotopic (exact) mass is 217 g/mol. The minimum atomic E-state index is 0.311. The molecule has 2 aromatic rings. The fourth-order valence-electron chi connectivity index (χ4n) is 2.38. The van der Waals surface area contributed by atoms with Crippen molar-refractivity contribution in [2.75, 3.05) is 6.54 Å². The molecular weight excluding hydrogens is 202 g/mol. The van der Waals surface area contributed by atoms with Gasteiger partial charge in [-0.05, 0) is 25.3 Å². The van der Waals surface area contributed by atoms with Gasteiger partial charge in [0.1, 0.15) is 0 Å². The van der Waals surface area contributed by atoms with E-state index in [1.54, 1.807) is 12.4 Å². The number of hydrogen-bond donors (Lipinski definition) is 1.